The highest BCUT2D eigenvalue weighted by molar-refractivity contribution is 5.76. The van der Waals surface area contributed by atoms with Gasteiger partial charge in [0.2, 0.25) is 11.9 Å². The van der Waals surface area contributed by atoms with E-state index >= 15 is 0 Å². The second-order valence-electron chi connectivity index (χ2n) is 6.57. The maximum Gasteiger partial charge on any atom is 0.227 e. The Kier molecular flexibility index (Phi) is 4.39. The number of hydrogen-bond acceptors (Lipinski definition) is 6. The van der Waals surface area contributed by atoms with Crippen molar-refractivity contribution in [2.75, 3.05) is 50.4 Å². The number of nitrogens with two attached hydrogens (primary N) is 1. The van der Waals surface area contributed by atoms with Crippen LogP contribution < -0.4 is 10.6 Å². The number of carbonyl (C=O) groups excluding carboxylic acids is 1. The molecule has 2 fully saturated rings. The Bertz CT molecular complexity index is 579. The van der Waals surface area contributed by atoms with Gasteiger partial charge < -0.3 is 15.5 Å². The summed E-state index contributed by atoms with van der Waals surface area (Å²) >= 11 is 0. The highest BCUT2D eigenvalue weighted by Crippen LogP contribution is 2.33. The lowest BCUT2D eigenvalue weighted by Gasteiger charge is -2.49. The number of nitrogens with zero attached hydrogens (tertiary/aromatic N) is 5. The predicted octanol–water partition coefficient (Wildman–Crippen LogP) is 0.582. The standard InChI is InChI=1S/C16H26N6O/c1-3-21-9-7-16(6-4-14(21)23)12-22(11-10-20(16)2)15-18-8-5-13(17)19-15/h5,8H,3-4,6-7,9-12H2,1-2H3,(H2,17,18,19)/t16-/m1/s1. The molecule has 3 heterocycles. The van der Waals surface area contributed by atoms with Crippen LogP contribution in [0.4, 0.5) is 11.8 Å². The smallest absolute Gasteiger partial charge is 0.227 e. The number of hydrogen-bond donors (Lipinski definition) is 1. The first-order chi connectivity index (χ1) is 11.0. The molecule has 1 aromatic heterocycles. The van der Waals surface area contributed by atoms with E-state index in [1.54, 1.807) is 12.3 Å². The molecule has 1 spiro atoms. The van der Waals surface area contributed by atoms with Crippen LogP contribution in [0.15, 0.2) is 12.3 Å². The summed E-state index contributed by atoms with van der Waals surface area (Å²) in [6.07, 6.45) is 4.20. The van der Waals surface area contributed by atoms with E-state index in [0.717, 1.165) is 45.6 Å². The zero-order chi connectivity index (χ0) is 16.4. The second kappa shape index (κ2) is 6.31. The molecule has 0 aromatic carbocycles. The molecule has 3 rings (SSSR count). The molecule has 0 aliphatic carbocycles. The molecule has 7 nitrogen and oxygen atoms in total. The molecule has 2 N–H and O–H groups in total. The molecule has 7 heteroatoms. The zero-order valence-electron chi connectivity index (χ0n) is 14.0. The molecule has 1 atom stereocenters. The first-order valence-electron chi connectivity index (χ1n) is 8.36. The Morgan fingerprint density at radius 2 is 2.13 bits per heavy atom. The summed E-state index contributed by atoms with van der Waals surface area (Å²) in [4.78, 5) is 27.6. The van der Waals surface area contributed by atoms with Crippen molar-refractivity contribution in [1.82, 2.24) is 19.8 Å². The van der Waals surface area contributed by atoms with Crippen molar-refractivity contribution in [3.63, 3.8) is 0 Å². The molecular formula is C16H26N6O. The molecular weight excluding hydrogens is 292 g/mol. The SMILES string of the molecule is CCN1CC[C@]2(CCC1=O)CN(c1nccc(N)n1)CCN2C. The third-order valence-electron chi connectivity index (χ3n) is 5.33. The topological polar surface area (TPSA) is 78.6 Å². The summed E-state index contributed by atoms with van der Waals surface area (Å²) in [6, 6.07) is 1.71. The fourth-order valence-corrected chi connectivity index (χ4v) is 3.71. The van der Waals surface area contributed by atoms with Gasteiger partial charge in [-0.1, -0.05) is 0 Å². The van der Waals surface area contributed by atoms with Gasteiger partial charge in [-0.25, -0.2) is 4.98 Å². The molecule has 0 saturated carbocycles. The molecule has 0 radical (unpaired) electrons. The number of anilines is 2. The van der Waals surface area contributed by atoms with Crippen molar-refractivity contribution in [3.8, 4) is 0 Å². The fourth-order valence-electron chi connectivity index (χ4n) is 3.71. The average molecular weight is 318 g/mol. The van der Waals surface area contributed by atoms with Gasteiger partial charge >= 0.3 is 0 Å². The summed E-state index contributed by atoms with van der Waals surface area (Å²) in [5.74, 6) is 1.46. The van der Waals surface area contributed by atoms with E-state index in [0.29, 0.717) is 18.2 Å². The molecule has 0 bridgehead atoms. The summed E-state index contributed by atoms with van der Waals surface area (Å²) in [6.45, 7) is 6.34. The number of nitrogen functional groups attached to an aromatic ring is 1. The van der Waals surface area contributed by atoms with Crippen LogP contribution in [0.5, 0.6) is 0 Å². The average Bonchev–Trinajstić information content (AvgIpc) is 2.70. The number of rotatable bonds is 2. The molecule has 1 amide bonds. The quantitative estimate of drug-likeness (QED) is 0.859. The van der Waals surface area contributed by atoms with Crippen LogP contribution in [0.25, 0.3) is 0 Å². The first kappa shape index (κ1) is 16.0. The van der Waals surface area contributed by atoms with Crippen molar-refractivity contribution in [2.24, 2.45) is 0 Å². The van der Waals surface area contributed by atoms with Crippen molar-refractivity contribution in [3.05, 3.63) is 12.3 Å². The van der Waals surface area contributed by atoms with Gasteiger partial charge in [-0.3, -0.25) is 9.69 Å². The van der Waals surface area contributed by atoms with Crippen molar-refractivity contribution in [2.45, 2.75) is 31.7 Å². The second-order valence-corrected chi connectivity index (χ2v) is 6.57. The minimum Gasteiger partial charge on any atom is -0.384 e. The predicted molar refractivity (Wildman–Crippen MR) is 90.1 cm³/mol. The third-order valence-corrected chi connectivity index (χ3v) is 5.33. The van der Waals surface area contributed by atoms with Crippen molar-refractivity contribution < 1.29 is 4.79 Å². The first-order valence-corrected chi connectivity index (χ1v) is 8.36. The summed E-state index contributed by atoms with van der Waals surface area (Å²) in [5, 5.41) is 0. The van der Waals surface area contributed by atoms with E-state index in [9.17, 15) is 4.79 Å². The van der Waals surface area contributed by atoms with Crippen molar-refractivity contribution >= 4 is 17.7 Å². The highest BCUT2D eigenvalue weighted by atomic mass is 16.2. The number of likely N-dealkylation sites (N-methyl/N-ethyl adjacent to an activating group) is 1. The normalized spacial score (nSPS) is 26.6. The number of piperazine rings is 1. The summed E-state index contributed by atoms with van der Waals surface area (Å²) in [7, 11) is 2.17. The van der Waals surface area contributed by atoms with E-state index in [4.69, 9.17) is 5.73 Å². The molecule has 2 aliphatic heterocycles. The van der Waals surface area contributed by atoms with Crippen LogP contribution >= 0.6 is 0 Å². The number of aromatic nitrogens is 2. The van der Waals surface area contributed by atoms with Crippen LogP contribution in [-0.4, -0.2) is 71.0 Å². The van der Waals surface area contributed by atoms with Gasteiger partial charge in [0, 0.05) is 50.9 Å². The molecule has 1 aromatic rings. The van der Waals surface area contributed by atoms with E-state index in [1.807, 2.05) is 11.8 Å². The minimum atomic E-state index is 0.00575. The van der Waals surface area contributed by atoms with E-state index < -0.39 is 0 Å². The molecule has 23 heavy (non-hydrogen) atoms. The van der Waals surface area contributed by atoms with Gasteiger partial charge in [-0.15, -0.1) is 0 Å². The van der Waals surface area contributed by atoms with Crippen LogP contribution in [0, 0.1) is 0 Å². The van der Waals surface area contributed by atoms with Crippen LogP contribution in [0.1, 0.15) is 26.2 Å². The zero-order valence-corrected chi connectivity index (χ0v) is 14.0. The minimum absolute atomic E-state index is 0.00575. The molecule has 2 aliphatic rings. The molecule has 126 valence electrons. The number of carbonyl (C=O) groups is 1. The van der Waals surface area contributed by atoms with Gasteiger partial charge in [0.25, 0.3) is 0 Å². The van der Waals surface area contributed by atoms with Crippen LogP contribution in [-0.2, 0) is 4.79 Å². The Labute approximate surface area is 137 Å². The highest BCUT2D eigenvalue weighted by Gasteiger charge is 2.42. The lowest BCUT2D eigenvalue weighted by Crippen LogP contribution is -2.61. The van der Waals surface area contributed by atoms with Gasteiger partial charge in [-0.05, 0) is 32.9 Å². The van der Waals surface area contributed by atoms with Gasteiger partial charge in [0.15, 0.2) is 0 Å². The van der Waals surface area contributed by atoms with E-state index in [2.05, 4.69) is 26.8 Å². The van der Waals surface area contributed by atoms with Gasteiger partial charge in [0.1, 0.15) is 5.82 Å². The third kappa shape index (κ3) is 3.10. The largest absolute Gasteiger partial charge is 0.384 e. The Hall–Kier alpha value is -1.89. The Morgan fingerprint density at radius 1 is 1.30 bits per heavy atom. The lowest BCUT2D eigenvalue weighted by molar-refractivity contribution is -0.130. The maximum absolute atomic E-state index is 12.2. The van der Waals surface area contributed by atoms with Gasteiger partial charge in [0.05, 0.1) is 0 Å². The molecule has 2 saturated heterocycles. The lowest BCUT2D eigenvalue weighted by atomic mass is 9.86. The van der Waals surface area contributed by atoms with Crippen molar-refractivity contribution in [1.29, 1.82) is 0 Å². The molecule has 0 unspecified atom stereocenters. The van der Waals surface area contributed by atoms with E-state index in [1.165, 1.54) is 0 Å². The summed E-state index contributed by atoms with van der Waals surface area (Å²) in [5.41, 5.74) is 5.81. The number of amides is 1. The maximum atomic E-state index is 12.2. The Balaban J connectivity index is 1.81. The summed E-state index contributed by atoms with van der Waals surface area (Å²) < 4.78 is 0. The van der Waals surface area contributed by atoms with E-state index in [-0.39, 0.29) is 11.4 Å². The number of likely N-dealkylation sites (tertiary alicyclic amines) is 1. The van der Waals surface area contributed by atoms with Crippen LogP contribution in [0.2, 0.25) is 0 Å². The monoisotopic (exact) mass is 318 g/mol. The van der Waals surface area contributed by atoms with Crippen LogP contribution in [0.3, 0.4) is 0 Å². The van der Waals surface area contributed by atoms with Gasteiger partial charge in [-0.2, -0.15) is 4.98 Å². The Morgan fingerprint density at radius 3 is 2.87 bits per heavy atom. The fraction of sp³-hybridized carbons (Fsp3) is 0.688.